The molecule has 0 heteroatoms. The molecule has 0 saturated heterocycles. The molecule has 2 atom stereocenters. The van der Waals surface area contributed by atoms with Crippen molar-refractivity contribution in [2.75, 3.05) is 0 Å². The molecule has 0 nitrogen and oxygen atoms in total. The van der Waals surface area contributed by atoms with Gasteiger partial charge in [-0.1, -0.05) is 24.3 Å². The van der Waals surface area contributed by atoms with E-state index in [-0.39, 0.29) is 0 Å². The molecule has 4 aliphatic rings. The second-order valence-electron chi connectivity index (χ2n) is 5.21. The first kappa shape index (κ1) is 8.15. The molecule has 0 aromatic heterocycles. The topological polar surface area (TPSA) is 0 Å². The van der Waals surface area contributed by atoms with E-state index in [1.807, 2.05) is 0 Å². The van der Waals surface area contributed by atoms with Crippen molar-refractivity contribution in [1.82, 2.24) is 0 Å². The lowest BCUT2D eigenvalue weighted by molar-refractivity contribution is 0.463. The summed E-state index contributed by atoms with van der Waals surface area (Å²) in [6, 6.07) is 0. The Labute approximate surface area is 91.1 Å². The highest BCUT2D eigenvalue weighted by Crippen LogP contribution is 2.52. The Kier molecular flexibility index (Phi) is 1.49. The first-order chi connectivity index (χ1) is 7.45. The lowest BCUT2D eigenvalue weighted by Crippen LogP contribution is -2.19. The van der Waals surface area contributed by atoms with Gasteiger partial charge in [-0.3, -0.25) is 0 Å². The minimum atomic E-state index is 0.840. The summed E-state index contributed by atoms with van der Waals surface area (Å²) in [6.45, 7) is 0. The Morgan fingerprint density at radius 1 is 0.800 bits per heavy atom. The van der Waals surface area contributed by atoms with Crippen molar-refractivity contribution in [2.45, 2.75) is 32.1 Å². The highest BCUT2D eigenvalue weighted by Gasteiger charge is 2.38. The standard InChI is InChI=1S/C15H16/c1-4-10-11(5-1)13-7-3-9-15(13)14-8-2-6-12(10)14/h1-2,5,8,10,12H,3-4,6-7,9H2. The summed E-state index contributed by atoms with van der Waals surface area (Å²) in [5.41, 5.74) is 6.87. The highest BCUT2D eigenvalue weighted by molar-refractivity contribution is 5.56. The highest BCUT2D eigenvalue weighted by atomic mass is 14.4. The number of fused-ring (bicyclic) bond motifs is 4. The minimum absolute atomic E-state index is 0.840. The third kappa shape index (κ3) is 0.928. The molecule has 15 heavy (non-hydrogen) atoms. The van der Waals surface area contributed by atoms with Gasteiger partial charge in [-0.2, -0.15) is 0 Å². The van der Waals surface area contributed by atoms with E-state index < -0.39 is 0 Å². The van der Waals surface area contributed by atoms with E-state index in [1.54, 1.807) is 22.3 Å². The van der Waals surface area contributed by atoms with E-state index in [9.17, 15) is 0 Å². The van der Waals surface area contributed by atoms with Crippen molar-refractivity contribution in [3.8, 4) is 0 Å². The molecular weight excluding hydrogens is 180 g/mol. The van der Waals surface area contributed by atoms with Crippen LogP contribution >= 0.6 is 0 Å². The molecule has 1 fully saturated rings. The summed E-state index contributed by atoms with van der Waals surface area (Å²) in [4.78, 5) is 0. The molecule has 0 radical (unpaired) electrons. The van der Waals surface area contributed by atoms with E-state index in [4.69, 9.17) is 0 Å². The zero-order valence-electron chi connectivity index (χ0n) is 9.00. The molecule has 0 aromatic rings. The average Bonchev–Trinajstić information content (AvgIpc) is 2.97. The second-order valence-corrected chi connectivity index (χ2v) is 5.21. The Bertz CT molecular complexity index is 401. The van der Waals surface area contributed by atoms with E-state index in [0.717, 1.165) is 11.8 Å². The molecule has 0 N–H and O–H groups in total. The van der Waals surface area contributed by atoms with Crippen LogP contribution in [0.1, 0.15) is 32.1 Å². The van der Waals surface area contributed by atoms with Gasteiger partial charge in [0.25, 0.3) is 0 Å². The van der Waals surface area contributed by atoms with Crippen LogP contribution in [0.25, 0.3) is 0 Å². The van der Waals surface area contributed by atoms with Crippen molar-refractivity contribution in [1.29, 1.82) is 0 Å². The normalized spacial score (nSPS) is 36.3. The summed E-state index contributed by atoms with van der Waals surface area (Å²) in [7, 11) is 0. The van der Waals surface area contributed by atoms with Crippen molar-refractivity contribution in [2.24, 2.45) is 11.8 Å². The maximum absolute atomic E-state index is 2.42. The van der Waals surface area contributed by atoms with Crippen LogP contribution in [0.15, 0.2) is 46.6 Å². The lowest BCUT2D eigenvalue weighted by Gasteiger charge is -2.30. The molecular formula is C15H16. The van der Waals surface area contributed by atoms with Crippen molar-refractivity contribution in [3.05, 3.63) is 46.6 Å². The van der Waals surface area contributed by atoms with Crippen molar-refractivity contribution >= 4 is 0 Å². The van der Waals surface area contributed by atoms with Gasteiger partial charge in [0.2, 0.25) is 0 Å². The molecule has 4 rings (SSSR count). The molecule has 0 aliphatic heterocycles. The third-order valence-electron chi connectivity index (χ3n) is 4.57. The summed E-state index contributed by atoms with van der Waals surface area (Å²) in [5, 5.41) is 0. The van der Waals surface area contributed by atoms with Gasteiger partial charge in [-0.05, 0) is 66.2 Å². The Morgan fingerprint density at radius 3 is 1.87 bits per heavy atom. The molecule has 0 heterocycles. The summed E-state index contributed by atoms with van der Waals surface area (Å²) in [5.74, 6) is 1.68. The maximum atomic E-state index is 2.42. The maximum Gasteiger partial charge on any atom is -0.00526 e. The molecule has 1 saturated carbocycles. The number of allylic oxidation sites excluding steroid dienone is 8. The zero-order chi connectivity index (χ0) is 9.83. The molecule has 4 aliphatic carbocycles. The SMILES string of the molecule is C1=CC2=C3CCCC3=C3C=CCC3C2C1. The first-order valence-electron chi connectivity index (χ1n) is 6.24. The van der Waals surface area contributed by atoms with Crippen LogP contribution in [0.4, 0.5) is 0 Å². The Morgan fingerprint density at radius 2 is 1.33 bits per heavy atom. The van der Waals surface area contributed by atoms with E-state index >= 15 is 0 Å². The van der Waals surface area contributed by atoms with E-state index in [1.165, 1.54) is 32.1 Å². The van der Waals surface area contributed by atoms with Gasteiger partial charge in [0.05, 0.1) is 0 Å². The van der Waals surface area contributed by atoms with Crippen LogP contribution in [0.5, 0.6) is 0 Å². The fourth-order valence-electron chi connectivity index (χ4n) is 3.98. The molecule has 0 amide bonds. The van der Waals surface area contributed by atoms with Gasteiger partial charge < -0.3 is 0 Å². The van der Waals surface area contributed by atoms with Gasteiger partial charge in [0, 0.05) is 0 Å². The molecule has 0 aromatic carbocycles. The first-order valence-corrected chi connectivity index (χ1v) is 6.24. The molecule has 2 unspecified atom stereocenters. The Balaban J connectivity index is 1.97. The monoisotopic (exact) mass is 196 g/mol. The van der Waals surface area contributed by atoms with Gasteiger partial charge in [0.1, 0.15) is 0 Å². The van der Waals surface area contributed by atoms with Crippen LogP contribution in [0.2, 0.25) is 0 Å². The largest absolute Gasteiger partial charge is 0.0836 e. The van der Waals surface area contributed by atoms with Crippen LogP contribution in [-0.2, 0) is 0 Å². The average molecular weight is 196 g/mol. The van der Waals surface area contributed by atoms with Gasteiger partial charge in [-0.15, -0.1) is 0 Å². The quantitative estimate of drug-likeness (QED) is 0.550. The molecule has 0 spiro atoms. The van der Waals surface area contributed by atoms with Crippen molar-refractivity contribution in [3.63, 3.8) is 0 Å². The van der Waals surface area contributed by atoms with Crippen molar-refractivity contribution < 1.29 is 0 Å². The lowest BCUT2D eigenvalue weighted by atomic mass is 9.74. The van der Waals surface area contributed by atoms with Gasteiger partial charge in [-0.25, -0.2) is 0 Å². The van der Waals surface area contributed by atoms with Gasteiger partial charge in [0.15, 0.2) is 0 Å². The van der Waals surface area contributed by atoms with E-state index in [2.05, 4.69) is 24.3 Å². The predicted octanol–water partition coefficient (Wildman–Crippen LogP) is 3.93. The predicted molar refractivity (Wildman–Crippen MR) is 62.4 cm³/mol. The number of hydrogen-bond donors (Lipinski definition) is 0. The zero-order valence-corrected chi connectivity index (χ0v) is 9.00. The van der Waals surface area contributed by atoms with Crippen LogP contribution < -0.4 is 0 Å². The van der Waals surface area contributed by atoms with E-state index in [0.29, 0.717) is 0 Å². The van der Waals surface area contributed by atoms with Crippen LogP contribution in [0.3, 0.4) is 0 Å². The minimum Gasteiger partial charge on any atom is -0.0836 e. The van der Waals surface area contributed by atoms with Crippen LogP contribution in [0, 0.1) is 11.8 Å². The fraction of sp³-hybridized carbons (Fsp3) is 0.467. The summed E-state index contributed by atoms with van der Waals surface area (Å²) >= 11 is 0. The second kappa shape index (κ2) is 2.75. The third-order valence-corrected chi connectivity index (χ3v) is 4.57. The number of rotatable bonds is 0. The smallest absolute Gasteiger partial charge is 0.00526 e. The summed E-state index contributed by atoms with van der Waals surface area (Å²) in [6.07, 6.45) is 16.3. The summed E-state index contributed by atoms with van der Waals surface area (Å²) < 4.78 is 0. The van der Waals surface area contributed by atoms with Crippen LogP contribution in [-0.4, -0.2) is 0 Å². The molecule has 76 valence electrons. The Hall–Kier alpha value is -1.04. The van der Waals surface area contributed by atoms with Gasteiger partial charge >= 0.3 is 0 Å². The number of hydrogen-bond acceptors (Lipinski definition) is 0. The fourth-order valence-corrected chi connectivity index (χ4v) is 3.98. The molecule has 0 bridgehead atoms.